The van der Waals surface area contributed by atoms with Gasteiger partial charge >= 0.3 is 6.09 Å². The Kier molecular flexibility index (Phi) is 4.85. The van der Waals surface area contributed by atoms with Gasteiger partial charge in [0.2, 0.25) is 6.10 Å². The van der Waals surface area contributed by atoms with E-state index < -0.39 is 6.10 Å². The highest BCUT2D eigenvalue weighted by Gasteiger charge is 2.36. The van der Waals surface area contributed by atoms with Gasteiger partial charge in [-0.05, 0) is 63.7 Å². The number of rotatable bonds is 2. The summed E-state index contributed by atoms with van der Waals surface area (Å²) in [4.78, 5) is 28.8. The predicted molar refractivity (Wildman–Crippen MR) is 98.8 cm³/mol. The van der Waals surface area contributed by atoms with Crippen LogP contribution < -0.4 is 5.32 Å². The van der Waals surface area contributed by atoms with Crippen LogP contribution in [0, 0.1) is 11.8 Å². The van der Waals surface area contributed by atoms with Crippen molar-refractivity contribution in [3.05, 3.63) is 29.8 Å². The van der Waals surface area contributed by atoms with Gasteiger partial charge in [0.15, 0.2) is 0 Å². The van der Waals surface area contributed by atoms with Crippen LogP contribution in [-0.2, 0) is 9.53 Å². The maximum Gasteiger partial charge on any atom is 0.410 e. The van der Waals surface area contributed by atoms with Crippen molar-refractivity contribution in [3.8, 4) is 0 Å². The number of piperidine rings is 2. The fourth-order valence-corrected chi connectivity index (χ4v) is 4.52. The molecule has 2 saturated heterocycles. The van der Waals surface area contributed by atoms with Gasteiger partial charge in [0.05, 0.1) is 0 Å². The van der Waals surface area contributed by atoms with E-state index in [0.29, 0.717) is 5.92 Å². The number of anilines is 1. The van der Waals surface area contributed by atoms with Gasteiger partial charge in [0.25, 0.3) is 5.91 Å². The van der Waals surface area contributed by atoms with Crippen molar-refractivity contribution < 1.29 is 14.3 Å². The average molecular weight is 357 g/mol. The molecule has 1 unspecified atom stereocenters. The molecule has 26 heavy (non-hydrogen) atoms. The van der Waals surface area contributed by atoms with Crippen LogP contribution in [0.5, 0.6) is 0 Å². The molecule has 6 heteroatoms. The lowest BCUT2D eigenvalue weighted by Gasteiger charge is -2.39. The Morgan fingerprint density at radius 1 is 1.04 bits per heavy atom. The molecule has 1 N–H and O–H groups in total. The normalized spacial score (nSPS) is 25.0. The first-order chi connectivity index (χ1) is 12.6. The van der Waals surface area contributed by atoms with Crippen LogP contribution in [0.25, 0.3) is 0 Å². The van der Waals surface area contributed by atoms with Crippen molar-refractivity contribution in [2.24, 2.45) is 11.8 Å². The van der Waals surface area contributed by atoms with Crippen molar-refractivity contribution >= 4 is 17.7 Å². The molecule has 4 rings (SSSR count). The molecule has 0 aromatic heterocycles. The van der Waals surface area contributed by atoms with Gasteiger partial charge in [0.1, 0.15) is 0 Å². The Labute approximate surface area is 154 Å². The third-order valence-corrected chi connectivity index (χ3v) is 6.19. The largest absolute Gasteiger partial charge is 0.431 e. The van der Waals surface area contributed by atoms with Crippen LogP contribution in [-0.4, -0.2) is 55.0 Å². The van der Waals surface area contributed by atoms with Crippen molar-refractivity contribution in [2.45, 2.75) is 31.8 Å². The van der Waals surface area contributed by atoms with E-state index in [1.807, 2.05) is 24.3 Å². The van der Waals surface area contributed by atoms with Crippen molar-refractivity contribution in [3.63, 3.8) is 0 Å². The number of amides is 2. The van der Waals surface area contributed by atoms with Crippen LogP contribution in [0.3, 0.4) is 0 Å². The van der Waals surface area contributed by atoms with E-state index >= 15 is 0 Å². The number of carbonyl (C=O) groups is 2. The van der Waals surface area contributed by atoms with Gasteiger partial charge in [-0.25, -0.2) is 4.79 Å². The van der Waals surface area contributed by atoms with Crippen LogP contribution in [0.1, 0.15) is 37.4 Å². The number of hydrogen-bond donors (Lipinski definition) is 1. The zero-order valence-electron chi connectivity index (χ0n) is 15.3. The molecule has 1 atom stereocenters. The van der Waals surface area contributed by atoms with E-state index in [1.165, 1.54) is 25.9 Å². The number of ether oxygens (including phenoxy) is 1. The van der Waals surface area contributed by atoms with E-state index in [2.05, 4.69) is 17.3 Å². The molecule has 0 radical (unpaired) electrons. The molecule has 0 saturated carbocycles. The molecular formula is C20H27N3O3. The Bertz CT molecular complexity index is 677. The van der Waals surface area contributed by atoms with E-state index in [1.54, 1.807) is 4.90 Å². The topological polar surface area (TPSA) is 61.9 Å². The number of nitrogens with zero attached hydrogens (tertiary/aromatic N) is 2. The second-order valence-corrected chi connectivity index (χ2v) is 7.81. The molecule has 0 spiro atoms. The van der Waals surface area contributed by atoms with Gasteiger partial charge in [-0.1, -0.05) is 18.2 Å². The molecule has 3 aliphatic rings. The van der Waals surface area contributed by atoms with Crippen LogP contribution in [0.4, 0.5) is 10.5 Å². The number of likely N-dealkylation sites (tertiary alicyclic amines) is 2. The summed E-state index contributed by atoms with van der Waals surface area (Å²) in [6.07, 6.45) is 3.41. The van der Waals surface area contributed by atoms with E-state index in [9.17, 15) is 9.59 Å². The summed E-state index contributed by atoms with van der Waals surface area (Å²) in [5, 5.41) is 2.77. The molecule has 2 fully saturated rings. The minimum Gasteiger partial charge on any atom is -0.431 e. The summed E-state index contributed by atoms with van der Waals surface area (Å²) in [5.41, 5.74) is 1.48. The van der Waals surface area contributed by atoms with E-state index in [0.717, 1.165) is 43.1 Å². The third kappa shape index (κ3) is 3.43. The highest BCUT2D eigenvalue weighted by molar-refractivity contribution is 6.02. The fourth-order valence-electron chi connectivity index (χ4n) is 4.52. The Hall–Kier alpha value is -2.08. The summed E-state index contributed by atoms with van der Waals surface area (Å²) in [6, 6.07) is 7.37. The van der Waals surface area contributed by atoms with Gasteiger partial charge < -0.3 is 19.9 Å². The highest BCUT2D eigenvalue weighted by atomic mass is 16.6. The Balaban J connectivity index is 1.31. The van der Waals surface area contributed by atoms with Crippen LogP contribution >= 0.6 is 0 Å². The SMILES string of the molecule is CN1CCC(C2CCN(C(=O)OC3C(=O)Nc4ccccc43)CC2)CC1. The minimum atomic E-state index is -0.828. The van der Waals surface area contributed by atoms with Crippen molar-refractivity contribution in [1.82, 2.24) is 9.80 Å². The van der Waals surface area contributed by atoms with Gasteiger partial charge in [-0.3, -0.25) is 4.79 Å². The molecule has 0 bridgehead atoms. The monoisotopic (exact) mass is 357 g/mol. The zero-order valence-corrected chi connectivity index (χ0v) is 15.3. The minimum absolute atomic E-state index is 0.263. The predicted octanol–water partition coefficient (Wildman–Crippen LogP) is 2.87. The van der Waals surface area contributed by atoms with E-state index in [-0.39, 0.29) is 12.0 Å². The maximum atomic E-state index is 12.6. The zero-order chi connectivity index (χ0) is 18.1. The molecule has 3 aliphatic heterocycles. The lowest BCUT2D eigenvalue weighted by atomic mass is 9.79. The molecule has 3 heterocycles. The first-order valence-electron chi connectivity index (χ1n) is 9.65. The standard InChI is InChI=1S/C20H27N3O3/c1-22-10-6-14(7-11-22)15-8-12-23(13-9-15)20(25)26-18-16-4-2-3-5-17(16)21-19(18)24/h2-5,14-15,18H,6-13H2,1H3,(H,21,24). The fraction of sp³-hybridized carbons (Fsp3) is 0.600. The number of fused-ring (bicyclic) bond motifs is 1. The molecule has 1 aromatic rings. The number of nitrogens with one attached hydrogen (secondary N) is 1. The second kappa shape index (κ2) is 7.27. The van der Waals surface area contributed by atoms with Crippen molar-refractivity contribution in [1.29, 1.82) is 0 Å². The summed E-state index contributed by atoms with van der Waals surface area (Å²) in [7, 11) is 2.19. The third-order valence-electron chi connectivity index (χ3n) is 6.19. The quantitative estimate of drug-likeness (QED) is 0.884. The molecular weight excluding hydrogens is 330 g/mol. The molecule has 0 aliphatic carbocycles. The molecule has 140 valence electrons. The summed E-state index contributed by atoms with van der Waals surface area (Å²) in [5.74, 6) is 1.24. The Morgan fingerprint density at radius 2 is 1.65 bits per heavy atom. The lowest BCUT2D eigenvalue weighted by molar-refractivity contribution is -0.124. The average Bonchev–Trinajstić information content (AvgIpc) is 2.98. The molecule has 1 aromatic carbocycles. The lowest BCUT2D eigenvalue weighted by Crippen LogP contribution is -2.43. The summed E-state index contributed by atoms with van der Waals surface area (Å²) in [6.45, 7) is 3.82. The summed E-state index contributed by atoms with van der Waals surface area (Å²) >= 11 is 0. The number of benzene rings is 1. The van der Waals surface area contributed by atoms with Crippen molar-refractivity contribution in [2.75, 3.05) is 38.5 Å². The van der Waals surface area contributed by atoms with Crippen LogP contribution in [0.2, 0.25) is 0 Å². The van der Waals surface area contributed by atoms with Gasteiger partial charge in [-0.2, -0.15) is 0 Å². The molecule has 2 amide bonds. The van der Waals surface area contributed by atoms with Crippen LogP contribution in [0.15, 0.2) is 24.3 Å². The second-order valence-electron chi connectivity index (χ2n) is 7.81. The number of carbonyl (C=O) groups excluding carboxylic acids is 2. The van der Waals surface area contributed by atoms with Gasteiger partial charge in [0, 0.05) is 24.3 Å². The van der Waals surface area contributed by atoms with E-state index in [4.69, 9.17) is 4.74 Å². The Morgan fingerprint density at radius 3 is 2.35 bits per heavy atom. The first kappa shape index (κ1) is 17.3. The summed E-state index contributed by atoms with van der Waals surface area (Å²) < 4.78 is 5.55. The number of para-hydroxylation sites is 1. The van der Waals surface area contributed by atoms with Gasteiger partial charge in [-0.15, -0.1) is 0 Å². The first-order valence-corrected chi connectivity index (χ1v) is 9.65. The maximum absolute atomic E-state index is 12.6. The highest BCUT2D eigenvalue weighted by Crippen LogP contribution is 2.35. The molecule has 6 nitrogen and oxygen atoms in total. The smallest absolute Gasteiger partial charge is 0.410 e. The number of hydrogen-bond acceptors (Lipinski definition) is 4.